The van der Waals surface area contributed by atoms with E-state index in [0.717, 1.165) is 37.3 Å². The molecular formula is C40H43ClN6O5. The van der Waals surface area contributed by atoms with Gasteiger partial charge in [-0.15, -0.1) is 0 Å². The van der Waals surface area contributed by atoms with Gasteiger partial charge in [0.25, 0.3) is 11.8 Å². The first-order valence-electron chi connectivity index (χ1n) is 17.5. The minimum absolute atomic E-state index is 0.0369. The zero-order valence-electron chi connectivity index (χ0n) is 29.7. The minimum Gasteiger partial charge on any atom is -0.508 e. The van der Waals surface area contributed by atoms with Gasteiger partial charge in [0.2, 0.25) is 0 Å². The van der Waals surface area contributed by atoms with E-state index in [-0.39, 0.29) is 23.6 Å². The zero-order valence-corrected chi connectivity index (χ0v) is 30.4. The number of hydrogen-bond donors (Lipinski definition) is 1. The molecular weight excluding hydrogens is 680 g/mol. The van der Waals surface area contributed by atoms with Crippen LogP contribution in [-0.4, -0.2) is 93.7 Å². The number of hydrogen-bond acceptors (Lipinski definition) is 7. The number of fused-ring (bicyclic) bond motifs is 1. The Morgan fingerprint density at radius 1 is 0.981 bits per heavy atom. The second kappa shape index (κ2) is 15.3. The first kappa shape index (κ1) is 35.5. The number of methoxy groups -OCH3 is 1. The molecule has 0 aliphatic carbocycles. The lowest BCUT2D eigenvalue weighted by atomic mass is 9.92. The van der Waals surface area contributed by atoms with Crippen LogP contribution < -0.4 is 4.90 Å². The van der Waals surface area contributed by atoms with Gasteiger partial charge in [-0.1, -0.05) is 35.9 Å². The van der Waals surface area contributed by atoms with Crippen molar-refractivity contribution >= 4 is 34.8 Å². The fraction of sp³-hybridized carbons (Fsp3) is 0.325. The number of anilines is 2. The number of rotatable bonds is 10. The summed E-state index contributed by atoms with van der Waals surface area (Å²) in [7, 11) is 5.32. The summed E-state index contributed by atoms with van der Waals surface area (Å²) in [5.74, 6) is -0.291. The van der Waals surface area contributed by atoms with Gasteiger partial charge >= 0.3 is 0 Å². The van der Waals surface area contributed by atoms with Gasteiger partial charge in [0.15, 0.2) is 0 Å². The quantitative estimate of drug-likeness (QED) is 0.193. The van der Waals surface area contributed by atoms with Gasteiger partial charge in [-0.2, -0.15) is 5.10 Å². The van der Waals surface area contributed by atoms with Crippen molar-refractivity contribution in [1.82, 2.24) is 24.1 Å². The highest BCUT2D eigenvalue weighted by molar-refractivity contribution is 6.31. The number of carbonyl (C=O) groups excluding carboxylic acids is 2. The number of halogens is 1. The molecule has 2 amide bonds. The summed E-state index contributed by atoms with van der Waals surface area (Å²) in [6, 6.07) is 22.0. The number of ether oxygens (including phenoxy) is 2. The number of phenolic OH excluding ortho intramolecular Hbond substituents is 1. The Morgan fingerprint density at radius 2 is 1.73 bits per heavy atom. The minimum atomic E-state index is -0.292. The van der Waals surface area contributed by atoms with E-state index < -0.39 is 0 Å². The molecule has 0 bridgehead atoms. The van der Waals surface area contributed by atoms with Gasteiger partial charge in [0.05, 0.1) is 37.3 Å². The largest absolute Gasteiger partial charge is 0.508 e. The molecule has 0 spiro atoms. The smallest absolute Gasteiger partial charge is 0.264 e. The van der Waals surface area contributed by atoms with E-state index in [1.54, 1.807) is 72.5 Å². The molecule has 1 fully saturated rings. The summed E-state index contributed by atoms with van der Waals surface area (Å²) in [5.41, 5.74) is 6.55. The van der Waals surface area contributed by atoms with Crippen LogP contribution in [0.2, 0.25) is 5.02 Å². The fourth-order valence-electron chi connectivity index (χ4n) is 7.36. The van der Waals surface area contributed by atoms with E-state index in [1.165, 1.54) is 5.56 Å². The molecule has 0 unspecified atom stereocenters. The number of aromatic hydroxyl groups is 1. The molecule has 3 aromatic carbocycles. The van der Waals surface area contributed by atoms with E-state index in [0.29, 0.717) is 71.6 Å². The maximum Gasteiger partial charge on any atom is 0.264 e. The van der Waals surface area contributed by atoms with E-state index in [4.69, 9.17) is 21.1 Å². The van der Waals surface area contributed by atoms with E-state index in [9.17, 15) is 14.7 Å². The van der Waals surface area contributed by atoms with E-state index in [1.807, 2.05) is 34.7 Å². The van der Waals surface area contributed by atoms with Crippen molar-refractivity contribution < 1.29 is 24.2 Å². The summed E-state index contributed by atoms with van der Waals surface area (Å²) in [4.78, 5) is 35.6. The highest BCUT2D eigenvalue weighted by atomic mass is 35.5. The standard InChI is InChI=1S/C40H43ClN6O5/c1-43-25-32(23-42-43)47(30-9-11-33(48)12-10-30)40(50)36-22-38(44(2)37(36)14-17-51-3)35-21-29(41)8-13-34(35)39(49)46-24-28-7-5-4-6-27(28)20-31(46)26-45-15-18-52-19-16-45/h4-13,21-23,25,31,48H,14-20,24,26H2,1-3H3/t31-/m0/s1. The third-order valence-corrected chi connectivity index (χ3v) is 10.3. The predicted molar refractivity (Wildman–Crippen MR) is 200 cm³/mol. The lowest BCUT2D eigenvalue weighted by Crippen LogP contribution is -2.52. The number of benzene rings is 3. The summed E-state index contributed by atoms with van der Waals surface area (Å²) in [6.45, 7) is 4.65. The predicted octanol–water partition coefficient (Wildman–Crippen LogP) is 5.85. The van der Waals surface area contributed by atoms with Crippen LogP contribution in [0.1, 0.15) is 37.5 Å². The van der Waals surface area contributed by atoms with Crippen molar-refractivity contribution in [1.29, 1.82) is 0 Å². The van der Waals surface area contributed by atoms with Crippen molar-refractivity contribution in [3.8, 4) is 17.0 Å². The van der Waals surface area contributed by atoms with Gasteiger partial charge in [-0.3, -0.25) is 24.1 Å². The molecule has 270 valence electrons. The van der Waals surface area contributed by atoms with Crippen LogP contribution in [0.3, 0.4) is 0 Å². The first-order chi connectivity index (χ1) is 25.2. The van der Waals surface area contributed by atoms with Crippen LogP contribution in [0.25, 0.3) is 11.3 Å². The van der Waals surface area contributed by atoms with Gasteiger partial charge in [-0.25, -0.2) is 0 Å². The highest BCUT2D eigenvalue weighted by Gasteiger charge is 2.34. The Hall–Kier alpha value is -4.94. The van der Waals surface area contributed by atoms with Gasteiger partial charge in [0, 0.05) is 99.3 Å². The molecule has 1 N–H and O–H groups in total. The summed E-state index contributed by atoms with van der Waals surface area (Å²) in [5, 5.41) is 14.8. The zero-order chi connectivity index (χ0) is 36.4. The number of amides is 2. The lowest BCUT2D eigenvalue weighted by Gasteiger charge is -2.40. The second-order valence-electron chi connectivity index (χ2n) is 13.4. The molecule has 52 heavy (non-hydrogen) atoms. The average molecular weight is 723 g/mol. The number of aryl methyl sites for hydroxylation is 1. The number of carbonyl (C=O) groups is 2. The maximum atomic E-state index is 14.9. The molecule has 1 saturated heterocycles. The summed E-state index contributed by atoms with van der Waals surface area (Å²) >= 11 is 6.67. The normalized spacial score (nSPS) is 16.2. The Bertz CT molecular complexity index is 2070. The van der Waals surface area contributed by atoms with Crippen LogP contribution in [0.15, 0.2) is 85.2 Å². The Kier molecular flexibility index (Phi) is 10.5. The number of nitrogens with zero attached hydrogens (tertiary/aromatic N) is 6. The van der Waals surface area contributed by atoms with Crippen molar-refractivity contribution in [2.45, 2.75) is 25.4 Å². The van der Waals surface area contributed by atoms with Crippen LogP contribution in [0, 0.1) is 0 Å². The van der Waals surface area contributed by atoms with Crippen LogP contribution >= 0.6 is 11.6 Å². The number of morpholine rings is 1. The second-order valence-corrected chi connectivity index (χ2v) is 13.8. The van der Waals surface area contributed by atoms with Crippen molar-refractivity contribution in [3.63, 3.8) is 0 Å². The van der Waals surface area contributed by atoms with Crippen molar-refractivity contribution in [2.75, 3.05) is 51.5 Å². The van der Waals surface area contributed by atoms with Crippen LogP contribution in [-0.2, 0) is 43.0 Å². The molecule has 2 aliphatic rings. The third-order valence-electron chi connectivity index (χ3n) is 10.1. The summed E-state index contributed by atoms with van der Waals surface area (Å²) < 4.78 is 14.7. The topological polar surface area (TPSA) is 105 Å². The fourth-order valence-corrected chi connectivity index (χ4v) is 7.53. The molecule has 2 aromatic heterocycles. The molecule has 0 saturated carbocycles. The molecule has 2 aliphatic heterocycles. The third kappa shape index (κ3) is 7.22. The SMILES string of the molecule is COCCc1c(C(=O)N(c2ccc(O)cc2)c2cnn(C)c2)cc(-c2cc(Cl)ccc2C(=O)N2Cc3ccccc3C[C@H]2CN2CCOCC2)n1C. The molecule has 11 nitrogen and oxygen atoms in total. The van der Waals surface area contributed by atoms with Gasteiger partial charge in [-0.05, 0) is 66.1 Å². The Labute approximate surface area is 308 Å². The van der Waals surface area contributed by atoms with Gasteiger partial charge in [0.1, 0.15) is 5.75 Å². The molecule has 0 radical (unpaired) electrons. The lowest BCUT2D eigenvalue weighted by molar-refractivity contribution is 0.0193. The molecule has 5 aromatic rings. The van der Waals surface area contributed by atoms with Crippen molar-refractivity contribution in [2.24, 2.45) is 14.1 Å². The number of aromatic nitrogens is 3. The molecule has 7 rings (SSSR count). The van der Waals surface area contributed by atoms with Gasteiger partial charge < -0.3 is 24.0 Å². The monoisotopic (exact) mass is 722 g/mol. The van der Waals surface area contributed by atoms with Crippen molar-refractivity contribution in [3.05, 3.63) is 118 Å². The highest BCUT2D eigenvalue weighted by Crippen LogP contribution is 2.36. The van der Waals surface area contributed by atoms with Crippen LogP contribution in [0.4, 0.5) is 11.4 Å². The average Bonchev–Trinajstić information content (AvgIpc) is 3.73. The summed E-state index contributed by atoms with van der Waals surface area (Å²) in [6.07, 6.45) is 4.59. The first-order valence-corrected chi connectivity index (χ1v) is 17.9. The molecule has 12 heteroatoms. The molecule has 4 heterocycles. The Morgan fingerprint density at radius 3 is 2.44 bits per heavy atom. The van der Waals surface area contributed by atoms with E-state index in [2.05, 4.69) is 28.2 Å². The Balaban J connectivity index is 1.31. The van der Waals surface area contributed by atoms with E-state index >= 15 is 0 Å². The number of phenols is 1. The van der Waals surface area contributed by atoms with Crippen LogP contribution in [0.5, 0.6) is 5.75 Å². The maximum absolute atomic E-state index is 14.9. The molecule has 1 atom stereocenters.